The summed E-state index contributed by atoms with van der Waals surface area (Å²) >= 11 is 0. The molecule has 0 aliphatic heterocycles. The predicted molar refractivity (Wildman–Crippen MR) is 112 cm³/mol. The Kier molecular flexibility index (Phi) is 4.90. The Morgan fingerprint density at radius 2 is 2.09 bits per heavy atom. The number of aliphatic hydroxyl groups excluding tert-OH is 1. The highest BCUT2D eigenvalue weighted by molar-refractivity contribution is 5.47. The van der Waals surface area contributed by atoms with Gasteiger partial charge in [-0.05, 0) is 38.8 Å². The molecule has 1 aliphatic rings. The number of rotatable bonds is 7. The van der Waals surface area contributed by atoms with Gasteiger partial charge in [-0.2, -0.15) is 0 Å². The summed E-state index contributed by atoms with van der Waals surface area (Å²) in [5.74, 6) is -0.247. The molecule has 1 aromatic carbocycles. The molecule has 1 atom stereocenters. The molecule has 166 valence electrons. The predicted octanol–water partition coefficient (Wildman–Crippen LogP) is 2.56. The van der Waals surface area contributed by atoms with Gasteiger partial charge in [0.05, 0.1) is 53.1 Å². The van der Waals surface area contributed by atoms with E-state index in [-0.39, 0.29) is 12.4 Å². The van der Waals surface area contributed by atoms with Crippen LogP contribution in [0.2, 0.25) is 0 Å². The van der Waals surface area contributed by atoms with Gasteiger partial charge in [-0.25, -0.2) is 14.1 Å². The van der Waals surface area contributed by atoms with Crippen LogP contribution in [0.3, 0.4) is 0 Å². The zero-order valence-electron chi connectivity index (χ0n) is 17.7. The summed E-state index contributed by atoms with van der Waals surface area (Å²) in [4.78, 5) is 8.71. The Morgan fingerprint density at radius 3 is 2.81 bits per heavy atom. The van der Waals surface area contributed by atoms with E-state index in [0.717, 1.165) is 24.1 Å². The van der Waals surface area contributed by atoms with E-state index < -0.39 is 17.5 Å². The number of nitrogens with zero attached hydrogens (tertiary/aromatic N) is 6. The van der Waals surface area contributed by atoms with Crippen LogP contribution in [-0.4, -0.2) is 51.8 Å². The van der Waals surface area contributed by atoms with Gasteiger partial charge in [0.15, 0.2) is 11.6 Å². The largest absolute Gasteiger partial charge is 0.488 e. The maximum Gasteiger partial charge on any atom is 0.167 e. The molecule has 0 bridgehead atoms. The lowest BCUT2D eigenvalue weighted by Gasteiger charge is -2.18. The van der Waals surface area contributed by atoms with Crippen LogP contribution < -0.4 is 4.74 Å². The third-order valence-corrected chi connectivity index (χ3v) is 5.30. The summed E-state index contributed by atoms with van der Waals surface area (Å²) in [6, 6.07) is 4.36. The van der Waals surface area contributed by atoms with Gasteiger partial charge in [-0.15, -0.1) is 5.10 Å². The Balaban J connectivity index is 1.43. The standard InChI is InChI=1S/C22H23FN6O3/c1-22(2,31)11-32-18-6-5-14(7-16(18)23)29-10-17(26-27-29)21(30)20-19(13-3-4-13)25-9-15-8-24-12-28(15)20/h5-10,12-13,21,30-31H,3-4,11H2,1-2H3. The summed E-state index contributed by atoms with van der Waals surface area (Å²) < 4.78 is 23.0. The number of fused-ring (bicyclic) bond motifs is 1. The molecule has 5 rings (SSSR count). The van der Waals surface area contributed by atoms with E-state index in [2.05, 4.69) is 20.3 Å². The maximum absolute atomic E-state index is 14.5. The molecule has 0 saturated heterocycles. The van der Waals surface area contributed by atoms with Gasteiger partial charge >= 0.3 is 0 Å². The normalized spacial score (nSPS) is 15.3. The average molecular weight is 438 g/mol. The SMILES string of the molecule is CC(C)(O)COc1ccc(-n2cc(C(O)c3c(C4CC4)ncc4cncn34)nn2)cc1F. The Hall–Kier alpha value is -3.37. The van der Waals surface area contributed by atoms with Crippen molar-refractivity contribution < 1.29 is 19.3 Å². The van der Waals surface area contributed by atoms with Crippen molar-refractivity contribution in [2.45, 2.75) is 44.3 Å². The van der Waals surface area contributed by atoms with Crippen molar-refractivity contribution in [2.75, 3.05) is 6.61 Å². The average Bonchev–Trinajstić information content (AvgIpc) is 3.28. The Bertz CT molecular complexity index is 1270. The van der Waals surface area contributed by atoms with Crippen molar-refractivity contribution >= 4 is 5.52 Å². The molecule has 3 aromatic heterocycles. The first-order valence-corrected chi connectivity index (χ1v) is 10.4. The van der Waals surface area contributed by atoms with Gasteiger partial charge in [-0.3, -0.25) is 9.38 Å². The number of aliphatic hydroxyl groups is 2. The first kappa shape index (κ1) is 20.5. The van der Waals surface area contributed by atoms with Crippen LogP contribution in [0.15, 0.2) is 43.1 Å². The zero-order valence-corrected chi connectivity index (χ0v) is 17.7. The number of hydrogen-bond donors (Lipinski definition) is 2. The van der Waals surface area contributed by atoms with Crippen LogP contribution in [0.1, 0.15) is 55.8 Å². The molecule has 1 aliphatic carbocycles. The summed E-state index contributed by atoms with van der Waals surface area (Å²) in [5, 5.41) is 29.1. The number of imidazole rings is 1. The van der Waals surface area contributed by atoms with Gasteiger partial charge in [0.25, 0.3) is 0 Å². The maximum atomic E-state index is 14.5. The number of ether oxygens (including phenoxy) is 1. The monoisotopic (exact) mass is 438 g/mol. The topological polar surface area (TPSA) is 111 Å². The third-order valence-electron chi connectivity index (χ3n) is 5.30. The summed E-state index contributed by atoms with van der Waals surface area (Å²) in [7, 11) is 0. The van der Waals surface area contributed by atoms with Crippen molar-refractivity contribution in [3.8, 4) is 11.4 Å². The van der Waals surface area contributed by atoms with Crippen molar-refractivity contribution in [3.05, 3.63) is 66.0 Å². The highest BCUT2D eigenvalue weighted by Gasteiger charge is 2.32. The number of halogens is 1. The fourth-order valence-electron chi connectivity index (χ4n) is 3.54. The van der Waals surface area contributed by atoms with Crippen LogP contribution >= 0.6 is 0 Å². The highest BCUT2D eigenvalue weighted by Crippen LogP contribution is 2.42. The summed E-state index contributed by atoms with van der Waals surface area (Å²) in [6.45, 7) is 3.12. The van der Waals surface area contributed by atoms with E-state index in [1.54, 1.807) is 44.8 Å². The second kappa shape index (κ2) is 7.64. The molecule has 1 fully saturated rings. The molecule has 10 heteroatoms. The minimum atomic E-state index is -1.08. The number of benzene rings is 1. The third kappa shape index (κ3) is 3.94. The van der Waals surface area contributed by atoms with Crippen LogP contribution in [0.4, 0.5) is 4.39 Å². The van der Waals surface area contributed by atoms with E-state index >= 15 is 0 Å². The summed E-state index contributed by atoms with van der Waals surface area (Å²) in [5.41, 5.74) is 1.89. The lowest BCUT2D eigenvalue weighted by Crippen LogP contribution is -2.28. The molecule has 9 nitrogen and oxygen atoms in total. The van der Waals surface area contributed by atoms with E-state index in [4.69, 9.17) is 4.74 Å². The Labute approximate surface area is 183 Å². The lowest BCUT2D eigenvalue weighted by molar-refractivity contribution is 0.0272. The molecule has 1 unspecified atom stereocenters. The second-order valence-electron chi connectivity index (χ2n) is 8.70. The van der Waals surface area contributed by atoms with Crippen LogP contribution in [0.25, 0.3) is 11.2 Å². The van der Waals surface area contributed by atoms with E-state index in [0.29, 0.717) is 23.0 Å². The molecule has 0 spiro atoms. The Morgan fingerprint density at radius 1 is 1.28 bits per heavy atom. The van der Waals surface area contributed by atoms with Gasteiger partial charge in [0.1, 0.15) is 18.4 Å². The van der Waals surface area contributed by atoms with E-state index in [9.17, 15) is 14.6 Å². The molecule has 0 radical (unpaired) electrons. The number of hydrogen-bond acceptors (Lipinski definition) is 7. The van der Waals surface area contributed by atoms with Gasteiger partial charge in [0, 0.05) is 12.0 Å². The lowest BCUT2D eigenvalue weighted by atomic mass is 10.1. The van der Waals surface area contributed by atoms with Crippen LogP contribution in [0, 0.1) is 5.82 Å². The van der Waals surface area contributed by atoms with Gasteiger partial charge in [-0.1, -0.05) is 5.21 Å². The van der Waals surface area contributed by atoms with Gasteiger partial charge < -0.3 is 14.9 Å². The first-order valence-electron chi connectivity index (χ1n) is 10.4. The smallest absolute Gasteiger partial charge is 0.167 e. The minimum absolute atomic E-state index is 0.0307. The van der Waals surface area contributed by atoms with Crippen molar-refractivity contribution in [2.24, 2.45) is 0 Å². The number of aromatic nitrogens is 6. The molecule has 1 saturated carbocycles. The molecule has 2 N–H and O–H groups in total. The van der Waals surface area contributed by atoms with Crippen molar-refractivity contribution in [3.63, 3.8) is 0 Å². The van der Waals surface area contributed by atoms with Crippen molar-refractivity contribution in [1.29, 1.82) is 0 Å². The molecular weight excluding hydrogens is 415 g/mol. The highest BCUT2D eigenvalue weighted by atomic mass is 19.1. The van der Waals surface area contributed by atoms with Crippen molar-refractivity contribution in [1.82, 2.24) is 29.4 Å². The molecule has 3 heterocycles. The molecule has 32 heavy (non-hydrogen) atoms. The van der Waals surface area contributed by atoms with Crippen LogP contribution in [0.5, 0.6) is 5.75 Å². The quantitative estimate of drug-likeness (QED) is 0.456. The molecule has 4 aromatic rings. The van der Waals surface area contributed by atoms with E-state index in [1.165, 1.54) is 16.8 Å². The van der Waals surface area contributed by atoms with Gasteiger partial charge in [0.2, 0.25) is 0 Å². The van der Waals surface area contributed by atoms with E-state index in [1.807, 2.05) is 4.40 Å². The fraction of sp³-hybridized carbons (Fsp3) is 0.364. The second-order valence-corrected chi connectivity index (χ2v) is 8.70. The summed E-state index contributed by atoms with van der Waals surface area (Å²) in [6.07, 6.45) is 7.63. The zero-order chi connectivity index (χ0) is 22.5. The minimum Gasteiger partial charge on any atom is -0.488 e. The fourth-order valence-corrected chi connectivity index (χ4v) is 3.54. The molecular formula is C22H23FN6O3. The van der Waals surface area contributed by atoms with Crippen LogP contribution in [-0.2, 0) is 0 Å². The molecule has 0 amide bonds. The first-order chi connectivity index (χ1) is 15.3.